The number of fused-ring (bicyclic) bond motifs is 1. The number of nitrogens with zero attached hydrogens (tertiary/aromatic N) is 3. The number of carbonyl (C=O) groups excluding carboxylic acids is 1. The van der Waals surface area contributed by atoms with Gasteiger partial charge in [-0.05, 0) is 30.7 Å². The monoisotopic (exact) mass is 409 g/mol. The minimum absolute atomic E-state index is 0.0993. The lowest BCUT2D eigenvalue weighted by Gasteiger charge is -2.29. The van der Waals surface area contributed by atoms with E-state index in [9.17, 15) is 14.7 Å². The fraction of sp³-hybridized carbons (Fsp3) is 0.318. The number of aliphatic hydroxyl groups excluding tert-OH is 1. The summed E-state index contributed by atoms with van der Waals surface area (Å²) in [6.07, 6.45) is 3.36. The van der Waals surface area contributed by atoms with Gasteiger partial charge >= 0.3 is 0 Å². The van der Waals surface area contributed by atoms with E-state index in [4.69, 9.17) is 9.47 Å². The van der Waals surface area contributed by atoms with Crippen molar-refractivity contribution in [2.75, 3.05) is 25.2 Å². The van der Waals surface area contributed by atoms with E-state index >= 15 is 0 Å². The number of piperidine rings is 1. The maximum Gasteiger partial charge on any atom is 0.250 e. The maximum atomic E-state index is 12.3. The number of amides is 1. The molecule has 1 aliphatic heterocycles. The van der Waals surface area contributed by atoms with Gasteiger partial charge in [-0.25, -0.2) is 0 Å². The van der Waals surface area contributed by atoms with Gasteiger partial charge in [-0.1, -0.05) is 0 Å². The molecule has 1 aromatic carbocycles. The third kappa shape index (κ3) is 4.13. The number of pyridine rings is 2. The zero-order chi connectivity index (χ0) is 21.1. The third-order valence-corrected chi connectivity index (χ3v) is 5.18. The van der Waals surface area contributed by atoms with Crippen LogP contribution in [0.3, 0.4) is 0 Å². The molecule has 0 bridgehead atoms. The van der Waals surface area contributed by atoms with Crippen LogP contribution in [0.5, 0.6) is 11.5 Å². The summed E-state index contributed by atoms with van der Waals surface area (Å²) in [6, 6.07) is 10.4. The summed E-state index contributed by atoms with van der Waals surface area (Å²) in [5.41, 5.74) is 1.24. The Kier molecular flexibility index (Phi) is 5.67. The van der Waals surface area contributed by atoms with Crippen LogP contribution in [0, 0.1) is 0 Å². The first-order chi connectivity index (χ1) is 14.5. The summed E-state index contributed by atoms with van der Waals surface area (Å²) in [7, 11) is 1.60. The van der Waals surface area contributed by atoms with Gasteiger partial charge < -0.3 is 24.0 Å². The zero-order valence-corrected chi connectivity index (χ0v) is 16.7. The summed E-state index contributed by atoms with van der Waals surface area (Å²) in [6.45, 7) is 1.04. The van der Waals surface area contributed by atoms with E-state index in [1.807, 2.05) is 18.2 Å². The molecular weight excluding hydrogens is 386 g/mol. The maximum absolute atomic E-state index is 12.3. The Morgan fingerprint density at radius 1 is 1.20 bits per heavy atom. The summed E-state index contributed by atoms with van der Waals surface area (Å²) < 4.78 is 12.7. The number of methoxy groups -OCH3 is 1. The fourth-order valence-corrected chi connectivity index (χ4v) is 3.55. The van der Waals surface area contributed by atoms with Crippen LogP contribution in [0.2, 0.25) is 0 Å². The number of aliphatic hydroxyl groups is 1. The molecule has 8 heteroatoms. The van der Waals surface area contributed by atoms with Gasteiger partial charge in [-0.3, -0.25) is 14.6 Å². The number of hydrogen-bond acceptors (Lipinski definition) is 6. The first-order valence-electron chi connectivity index (χ1n) is 9.79. The van der Waals surface area contributed by atoms with Gasteiger partial charge in [0.25, 0.3) is 5.56 Å². The Balaban J connectivity index is 1.47. The molecule has 3 heterocycles. The van der Waals surface area contributed by atoms with Crippen LogP contribution in [-0.4, -0.2) is 46.9 Å². The molecule has 0 saturated carbocycles. The van der Waals surface area contributed by atoms with E-state index in [-0.39, 0.29) is 24.5 Å². The normalized spacial score (nSPS) is 16.7. The van der Waals surface area contributed by atoms with Crippen molar-refractivity contribution in [3.05, 3.63) is 59.1 Å². The van der Waals surface area contributed by atoms with Crippen LogP contribution >= 0.6 is 0 Å². The number of hydrogen-bond donors (Lipinski definition) is 1. The molecule has 30 heavy (non-hydrogen) atoms. The van der Waals surface area contributed by atoms with Crippen LogP contribution < -0.4 is 19.9 Å². The molecule has 0 unspecified atom stereocenters. The molecule has 1 aliphatic rings. The SMILES string of the molecule is COc1ccc2c(OCCn3cc(N4CC[C@@H](O)CC4=O)ccc3=O)ccnc2c1. The predicted molar refractivity (Wildman–Crippen MR) is 112 cm³/mol. The quantitative estimate of drug-likeness (QED) is 0.669. The van der Waals surface area contributed by atoms with Crippen molar-refractivity contribution in [1.82, 2.24) is 9.55 Å². The van der Waals surface area contributed by atoms with E-state index in [1.54, 1.807) is 36.5 Å². The van der Waals surface area contributed by atoms with Crippen molar-refractivity contribution in [3.63, 3.8) is 0 Å². The molecule has 1 atom stereocenters. The van der Waals surface area contributed by atoms with Crippen LogP contribution in [-0.2, 0) is 11.3 Å². The van der Waals surface area contributed by atoms with E-state index in [0.717, 1.165) is 16.7 Å². The van der Waals surface area contributed by atoms with E-state index < -0.39 is 6.10 Å². The van der Waals surface area contributed by atoms with Gasteiger partial charge in [-0.15, -0.1) is 0 Å². The molecule has 2 aromatic heterocycles. The van der Waals surface area contributed by atoms with Gasteiger partial charge in [0.15, 0.2) is 0 Å². The average Bonchev–Trinajstić information content (AvgIpc) is 2.75. The second-order valence-electron chi connectivity index (χ2n) is 7.15. The molecule has 0 spiro atoms. The topological polar surface area (TPSA) is 93.9 Å². The fourth-order valence-electron chi connectivity index (χ4n) is 3.55. The van der Waals surface area contributed by atoms with Crippen LogP contribution in [0.1, 0.15) is 12.8 Å². The highest BCUT2D eigenvalue weighted by Crippen LogP contribution is 2.27. The predicted octanol–water partition coefficient (Wildman–Crippen LogP) is 1.97. The zero-order valence-electron chi connectivity index (χ0n) is 16.7. The summed E-state index contributed by atoms with van der Waals surface area (Å²) in [5.74, 6) is 1.25. The van der Waals surface area contributed by atoms with Crippen molar-refractivity contribution in [2.45, 2.75) is 25.5 Å². The Bertz CT molecular complexity index is 1130. The lowest BCUT2D eigenvalue weighted by Crippen LogP contribution is -2.41. The van der Waals surface area contributed by atoms with Gasteiger partial charge in [0.2, 0.25) is 5.91 Å². The number of ether oxygens (including phenoxy) is 2. The molecule has 1 fully saturated rings. The van der Waals surface area contributed by atoms with Crippen molar-refractivity contribution in [2.24, 2.45) is 0 Å². The number of anilines is 1. The molecule has 156 valence electrons. The van der Waals surface area contributed by atoms with Gasteiger partial charge in [0.05, 0.1) is 37.4 Å². The highest BCUT2D eigenvalue weighted by atomic mass is 16.5. The van der Waals surface area contributed by atoms with E-state index in [1.165, 1.54) is 10.6 Å². The molecule has 0 aliphatic carbocycles. The molecule has 1 N–H and O–H groups in total. The Morgan fingerprint density at radius 2 is 2.07 bits per heavy atom. The number of rotatable bonds is 6. The second-order valence-corrected chi connectivity index (χ2v) is 7.15. The average molecular weight is 409 g/mol. The lowest BCUT2D eigenvalue weighted by molar-refractivity contribution is -0.122. The van der Waals surface area contributed by atoms with Gasteiger partial charge in [0.1, 0.15) is 18.1 Å². The van der Waals surface area contributed by atoms with E-state index in [0.29, 0.717) is 30.9 Å². The van der Waals surface area contributed by atoms with Gasteiger partial charge in [-0.2, -0.15) is 0 Å². The van der Waals surface area contributed by atoms with Crippen molar-refractivity contribution < 1.29 is 19.4 Å². The molecule has 1 saturated heterocycles. The highest BCUT2D eigenvalue weighted by molar-refractivity contribution is 5.94. The standard InChI is InChI=1S/C22H23N3O5/c1-29-17-3-4-18-19(13-17)23-8-6-20(18)30-11-10-24-14-15(2-5-21(24)27)25-9-7-16(26)12-22(25)28/h2-6,8,13-14,16,26H,7,9-12H2,1H3/t16-/m1/s1. The summed E-state index contributed by atoms with van der Waals surface area (Å²) in [4.78, 5) is 30.4. The van der Waals surface area contributed by atoms with Crippen LogP contribution in [0.15, 0.2) is 53.6 Å². The van der Waals surface area contributed by atoms with Crippen LogP contribution in [0.25, 0.3) is 10.9 Å². The first kappa shape index (κ1) is 19.9. The number of aromatic nitrogens is 2. The minimum Gasteiger partial charge on any atom is -0.497 e. The molecule has 1 amide bonds. The van der Waals surface area contributed by atoms with E-state index in [2.05, 4.69) is 4.98 Å². The molecule has 4 rings (SSSR count). The Hall–Kier alpha value is -3.39. The second kappa shape index (κ2) is 8.54. The molecule has 3 aromatic rings. The molecule has 0 radical (unpaired) electrons. The van der Waals surface area contributed by atoms with Crippen LogP contribution in [0.4, 0.5) is 5.69 Å². The number of carbonyl (C=O) groups is 1. The number of benzene rings is 1. The third-order valence-electron chi connectivity index (χ3n) is 5.18. The Morgan fingerprint density at radius 3 is 2.87 bits per heavy atom. The lowest BCUT2D eigenvalue weighted by atomic mass is 10.1. The molecular formula is C22H23N3O5. The van der Waals surface area contributed by atoms with Gasteiger partial charge in [0, 0.05) is 36.5 Å². The summed E-state index contributed by atoms with van der Waals surface area (Å²) >= 11 is 0. The highest BCUT2D eigenvalue weighted by Gasteiger charge is 2.25. The van der Waals surface area contributed by atoms with Crippen molar-refractivity contribution >= 4 is 22.5 Å². The Labute approximate surface area is 173 Å². The smallest absolute Gasteiger partial charge is 0.250 e. The first-order valence-corrected chi connectivity index (χ1v) is 9.79. The summed E-state index contributed by atoms with van der Waals surface area (Å²) in [5, 5.41) is 10.5. The minimum atomic E-state index is -0.594. The molecule has 8 nitrogen and oxygen atoms in total. The van der Waals surface area contributed by atoms with Crippen molar-refractivity contribution in [1.29, 1.82) is 0 Å². The largest absolute Gasteiger partial charge is 0.497 e. The van der Waals surface area contributed by atoms with Crippen molar-refractivity contribution in [3.8, 4) is 11.5 Å².